The van der Waals surface area contributed by atoms with Crippen molar-refractivity contribution >= 4 is 28.5 Å². The van der Waals surface area contributed by atoms with E-state index in [2.05, 4.69) is 15.5 Å². The number of nitro groups is 1. The molecule has 2 rings (SSSR count). The summed E-state index contributed by atoms with van der Waals surface area (Å²) in [7, 11) is 0. The first-order valence-electron chi connectivity index (χ1n) is 7.17. The molecular formula is C17H18N4O2. The van der Waals surface area contributed by atoms with Gasteiger partial charge in [-0.25, -0.2) is 0 Å². The Labute approximate surface area is 134 Å². The molecule has 0 aliphatic heterocycles. The van der Waals surface area contributed by atoms with Crippen LogP contribution in [0.25, 0.3) is 0 Å². The molecule has 118 valence electrons. The van der Waals surface area contributed by atoms with Crippen LogP contribution in [0, 0.1) is 10.1 Å². The number of rotatable bonds is 6. The number of para-hydroxylation sites is 1. The smallest absolute Gasteiger partial charge is 0.269 e. The van der Waals surface area contributed by atoms with Crippen LogP contribution in [0.3, 0.4) is 0 Å². The molecular weight excluding hydrogens is 292 g/mol. The number of hydrazone groups is 1. The topological polar surface area (TPSA) is 79.9 Å². The van der Waals surface area contributed by atoms with E-state index >= 15 is 0 Å². The van der Waals surface area contributed by atoms with Gasteiger partial charge in [-0.3, -0.25) is 20.5 Å². The highest BCUT2D eigenvalue weighted by Crippen LogP contribution is 2.18. The molecule has 0 aromatic heterocycles. The second kappa shape index (κ2) is 7.84. The molecule has 0 aliphatic rings. The second-order valence-corrected chi connectivity index (χ2v) is 5.12. The number of benzene rings is 2. The van der Waals surface area contributed by atoms with Gasteiger partial charge in [0.15, 0.2) is 0 Å². The molecule has 0 spiro atoms. The standard InChI is InChI=1S/C17H18N4O2/c1-13(18-15-8-10-17(11-9-15)21(22)23)12-14(2)19-20-16-6-4-3-5-7-16/h3-11,20H,12H2,1-2H3/b18-13?,19-14+. The molecule has 2 aromatic rings. The largest absolute Gasteiger partial charge is 0.279 e. The maximum absolute atomic E-state index is 10.6. The highest BCUT2D eigenvalue weighted by molar-refractivity contribution is 6.03. The van der Waals surface area contributed by atoms with E-state index in [1.165, 1.54) is 12.1 Å². The number of hydrogen-bond donors (Lipinski definition) is 1. The predicted molar refractivity (Wildman–Crippen MR) is 93.7 cm³/mol. The predicted octanol–water partition coefficient (Wildman–Crippen LogP) is 4.57. The number of nitrogens with one attached hydrogen (secondary N) is 1. The molecule has 1 N–H and O–H groups in total. The fourth-order valence-corrected chi connectivity index (χ4v) is 1.99. The first kappa shape index (κ1) is 16.4. The summed E-state index contributed by atoms with van der Waals surface area (Å²) in [5.74, 6) is 0. The van der Waals surface area contributed by atoms with E-state index in [4.69, 9.17) is 0 Å². The minimum atomic E-state index is -0.424. The summed E-state index contributed by atoms with van der Waals surface area (Å²) in [4.78, 5) is 14.6. The quantitative estimate of drug-likeness (QED) is 0.482. The Morgan fingerprint density at radius 1 is 1.04 bits per heavy atom. The van der Waals surface area contributed by atoms with Crippen LogP contribution in [0.4, 0.5) is 17.1 Å². The molecule has 0 unspecified atom stereocenters. The maximum Gasteiger partial charge on any atom is 0.269 e. The number of nitrogens with zero attached hydrogens (tertiary/aromatic N) is 3. The van der Waals surface area contributed by atoms with Gasteiger partial charge in [0.05, 0.1) is 16.3 Å². The van der Waals surface area contributed by atoms with Crippen LogP contribution in [0.15, 0.2) is 64.7 Å². The summed E-state index contributed by atoms with van der Waals surface area (Å²) < 4.78 is 0. The molecule has 6 nitrogen and oxygen atoms in total. The SMILES string of the molecule is CC(C/C(C)=N/Nc1ccccc1)=Nc1ccc([N+](=O)[O-])cc1. The van der Waals surface area contributed by atoms with Gasteiger partial charge in [-0.05, 0) is 38.1 Å². The van der Waals surface area contributed by atoms with E-state index < -0.39 is 4.92 Å². The summed E-state index contributed by atoms with van der Waals surface area (Å²) in [6.07, 6.45) is 0.622. The van der Waals surface area contributed by atoms with Gasteiger partial charge >= 0.3 is 0 Å². The van der Waals surface area contributed by atoms with Gasteiger partial charge in [0.2, 0.25) is 0 Å². The van der Waals surface area contributed by atoms with Crippen LogP contribution in [0.2, 0.25) is 0 Å². The van der Waals surface area contributed by atoms with Crippen LogP contribution >= 0.6 is 0 Å². The molecule has 0 atom stereocenters. The molecule has 6 heteroatoms. The molecule has 0 fully saturated rings. The van der Waals surface area contributed by atoms with Gasteiger partial charge in [-0.2, -0.15) is 5.10 Å². The fourth-order valence-electron chi connectivity index (χ4n) is 1.99. The van der Waals surface area contributed by atoms with Crippen molar-refractivity contribution in [1.29, 1.82) is 0 Å². The third-order valence-corrected chi connectivity index (χ3v) is 3.04. The van der Waals surface area contributed by atoms with Gasteiger partial charge in [-0.1, -0.05) is 18.2 Å². The third kappa shape index (κ3) is 5.35. The highest BCUT2D eigenvalue weighted by Gasteiger charge is 2.03. The zero-order valence-corrected chi connectivity index (χ0v) is 13.1. The van der Waals surface area contributed by atoms with Gasteiger partial charge < -0.3 is 0 Å². The van der Waals surface area contributed by atoms with Crippen LogP contribution in [-0.2, 0) is 0 Å². The molecule has 0 radical (unpaired) electrons. The Morgan fingerprint density at radius 3 is 2.30 bits per heavy atom. The van der Waals surface area contributed by atoms with E-state index in [0.29, 0.717) is 12.1 Å². The Hall–Kier alpha value is -3.02. The average molecular weight is 310 g/mol. The monoisotopic (exact) mass is 310 g/mol. The van der Waals surface area contributed by atoms with Crippen LogP contribution in [0.1, 0.15) is 20.3 Å². The summed E-state index contributed by atoms with van der Waals surface area (Å²) >= 11 is 0. The van der Waals surface area contributed by atoms with E-state index in [0.717, 1.165) is 17.1 Å². The van der Waals surface area contributed by atoms with Crippen molar-refractivity contribution in [2.75, 3.05) is 5.43 Å². The van der Waals surface area contributed by atoms with Crippen molar-refractivity contribution in [3.8, 4) is 0 Å². The number of aliphatic imine (C=N–C) groups is 1. The average Bonchev–Trinajstić information content (AvgIpc) is 2.54. The van der Waals surface area contributed by atoms with Crippen molar-refractivity contribution in [3.63, 3.8) is 0 Å². The zero-order chi connectivity index (χ0) is 16.7. The van der Waals surface area contributed by atoms with Crippen molar-refractivity contribution < 1.29 is 4.92 Å². The minimum absolute atomic E-state index is 0.0615. The normalized spacial score (nSPS) is 12.1. The van der Waals surface area contributed by atoms with E-state index in [9.17, 15) is 10.1 Å². The highest BCUT2D eigenvalue weighted by atomic mass is 16.6. The number of hydrogen-bond acceptors (Lipinski definition) is 5. The molecule has 0 amide bonds. The zero-order valence-electron chi connectivity index (χ0n) is 13.1. The molecule has 0 saturated heterocycles. The Kier molecular flexibility index (Phi) is 5.57. The lowest BCUT2D eigenvalue weighted by Crippen LogP contribution is -2.03. The molecule has 23 heavy (non-hydrogen) atoms. The number of non-ortho nitro benzene ring substituents is 1. The molecule has 0 heterocycles. The fraction of sp³-hybridized carbons (Fsp3) is 0.176. The number of anilines is 1. The lowest BCUT2D eigenvalue weighted by molar-refractivity contribution is -0.384. The Morgan fingerprint density at radius 2 is 1.70 bits per heavy atom. The van der Waals surface area contributed by atoms with Crippen LogP contribution < -0.4 is 5.43 Å². The van der Waals surface area contributed by atoms with Gasteiger partial charge in [0, 0.05) is 30.0 Å². The molecule has 0 aliphatic carbocycles. The van der Waals surface area contributed by atoms with Crippen LogP contribution in [0.5, 0.6) is 0 Å². The summed E-state index contributed by atoms with van der Waals surface area (Å²) in [5, 5.41) is 14.9. The van der Waals surface area contributed by atoms with Crippen LogP contribution in [-0.4, -0.2) is 16.3 Å². The van der Waals surface area contributed by atoms with Gasteiger partial charge in [0.25, 0.3) is 5.69 Å². The second-order valence-electron chi connectivity index (χ2n) is 5.12. The summed E-state index contributed by atoms with van der Waals surface area (Å²) in [6, 6.07) is 15.9. The molecule has 0 bridgehead atoms. The third-order valence-electron chi connectivity index (χ3n) is 3.04. The van der Waals surface area contributed by atoms with Crippen molar-refractivity contribution in [2.45, 2.75) is 20.3 Å². The number of nitro benzene ring substituents is 1. The maximum atomic E-state index is 10.6. The first-order chi connectivity index (χ1) is 11.0. The van der Waals surface area contributed by atoms with Crippen molar-refractivity contribution in [2.24, 2.45) is 10.1 Å². The first-order valence-corrected chi connectivity index (χ1v) is 7.17. The van der Waals surface area contributed by atoms with E-state index in [1.54, 1.807) is 12.1 Å². The molecule has 2 aromatic carbocycles. The lowest BCUT2D eigenvalue weighted by Gasteiger charge is -2.03. The minimum Gasteiger partial charge on any atom is -0.279 e. The molecule has 0 saturated carbocycles. The van der Waals surface area contributed by atoms with E-state index in [-0.39, 0.29) is 5.69 Å². The van der Waals surface area contributed by atoms with E-state index in [1.807, 2.05) is 44.2 Å². The lowest BCUT2D eigenvalue weighted by atomic mass is 10.2. The Balaban J connectivity index is 1.97. The van der Waals surface area contributed by atoms with Gasteiger partial charge in [0.1, 0.15) is 0 Å². The summed E-state index contributed by atoms with van der Waals surface area (Å²) in [6.45, 7) is 3.83. The van der Waals surface area contributed by atoms with Crippen molar-refractivity contribution in [3.05, 3.63) is 64.7 Å². The summed E-state index contributed by atoms with van der Waals surface area (Å²) in [5.41, 5.74) is 6.46. The van der Waals surface area contributed by atoms with Gasteiger partial charge in [-0.15, -0.1) is 0 Å². The van der Waals surface area contributed by atoms with Crippen molar-refractivity contribution in [1.82, 2.24) is 0 Å². The Bertz CT molecular complexity index is 722.